The standard InChI is InChI=1S/C18H20ClN/c1-12-7-13(2)9-15(8-12)20-16-10-14(11-16)17-5-3-4-6-18(17)19/h3-9,14,16,20H,10-11H2,1-2H3. The summed E-state index contributed by atoms with van der Waals surface area (Å²) in [5.41, 5.74) is 5.17. The number of benzene rings is 2. The fourth-order valence-corrected chi connectivity index (χ4v) is 3.38. The Bertz CT molecular complexity index is 594. The van der Waals surface area contributed by atoms with E-state index in [2.05, 4.69) is 49.5 Å². The van der Waals surface area contributed by atoms with Crippen molar-refractivity contribution in [2.24, 2.45) is 0 Å². The van der Waals surface area contributed by atoms with Crippen LogP contribution in [0.2, 0.25) is 5.02 Å². The molecular weight excluding hydrogens is 266 g/mol. The van der Waals surface area contributed by atoms with Gasteiger partial charge in [-0.2, -0.15) is 0 Å². The quantitative estimate of drug-likeness (QED) is 0.805. The predicted octanol–water partition coefficient (Wildman–Crippen LogP) is 5.31. The maximum Gasteiger partial charge on any atom is 0.0440 e. The molecule has 1 nitrogen and oxygen atoms in total. The molecule has 2 aromatic rings. The lowest BCUT2D eigenvalue weighted by atomic mass is 9.75. The normalized spacial score (nSPS) is 21.4. The van der Waals surface area contributed by atoms with Gasteiger partial charge in [0.05, 0.1) is 0 Å². The molecule has 1 fully saturated rings. The summed E-state index contributed by atoms with van der Waals surface area (Å²) in [6, 6.07) is 15.4. The molecule has 0 saturated heterocycles. The number of nitrogens with one attached hydrogen (secondary N) is 1. The molecule has 104 valence electrons. The monoisotopic (exact) mass is 285 g/mol. The van der Waals surface area contributed by atoms with Crippen molar-refractivity contribution in [1.29, 1.82) is 0 Å². The van der Waals surface area contributed by atoms with E-state index in [-0.39, 0.29) is 0 Å². The summed E-state index contributed by atoms with van der Waals surface area (Å²) in [6.07, 6.45) is 2.33. The lowest BCUT2D eigenvalue weighted by Crippen LogP contribution is -2.34. The van der Waals surface area contributed by atoms with E-state index in [1.807, 2.05) is 12.1 Å². The smallest absolute Gasteiger partial charge is 0.0440 e. The Balaban J connectivity index is 1.62. The molecule has 2 aromatic carbocycles. The number of rotatable bonds is 3. The van der Waals surface area contributed by atoms with Crippen LogP contribution in [-0.2, 0) is 0 Å². The summed E-state index contributed by atoms with van der Waals surface area (Å²) in [5, 5.41) is 4.54. The molecule has 0 heterocycles. The van der Waals surface area contributed by atoms with Crippen LogP contribution in [0.25, 0.3) is 0 Å². The Kier molecular flexibility index (Phi) is 3.71. The first-order chi connectivity index (χ1) is 9.61. The first-order valence-electron chi connectivity index (χ1n) is 7.21. The average molecular weight is 286 g/mol. The Hall–Kier alpha value is -1.47. The van der Waals surface area contributed by atoms with Crippen molar-refractivity contribution in [3.63, 3.8) is 0 Å². The highest BCUT2D eigenvalue weighted by molar-refractivity contribution is 6.31. The van der Waals surface area contributed by atoms with Gasteiger partial charge in [-0.15, -0.1) is 0 Å². The van der Waals surface area contributed by atoms with Gasteiger partial charge in [0.2, 0.25) is 0 Å². The van der Waals surface area contributed by atoms with Crippen LogP contribution >= 0.6 is 11.6 Å². The molecule has 0 unspecified atom stereocenters. The molecular formula is C18H20ClN. The van der Waals surface area contributed by atoms with Crippen molar-refractivity contribution in [3.05, 3.63) is 64.2 Å². The average Bonchev–Trinajstić information content (AvgIpc) is 2.33. The fourth-order valence-electron chi connectivity index (χ4n) is 3.09. The van der Waals surface area contributed by atoms with E-state index in [1.54, 1.807) is 0 Å². The topological polar surface area (TPSA) is 12.0 Å². The van der Waals surface area contributed by atoms with Crippen LogP contribution in [0.4, 0.5) is 5.69 Å². The van der Waals surface area contributed by atoms with Gasteiger partial charge in [0.15, 0.2) is 0 Å². The number of halogens is 1. The van der Waals surface area contributed by atoms with E-state index in [4.69, 9.17) is 11.6 Å². The molecule has 0 aliphatic heterocycles. The first-order valence-corrected chi connectivity index (χ1v) is 7.59. The Labute approximate surface area is 126 Å². The SMILES string of the molecule is Cc1cc(C)cc(NC2CC(c3ccccc3Cl)C2)c1. The molecule has 0 bridgehead atoms. The second-order valence-electron chi connectivity index (χ2n) is 5.91. The van der Waals surface area contributed by atoms with Gasteiger partial charge in [0.1, 0.15) is 0 Å². The molecule has 0 aromatic heterocycles. The van der Waals surface area contributed by atoms with Crippen LogP contribution in [0, 0.1) is 13.8 Å². The van der Waals surface area contributed by atoms with Crippen LogP contribution in [0.5, 0.6) is 0 Å². The van der Waals surface area contributed by atoms with E-state index in [9.17, 15) is 0 Å². The zero-order chi connectivity index (χ0) is 14.1. The van der Waals surface area contributed by atoms with Gasteiger partial charge in [-0.1, -0.05) is 35.9 Å². The third-order valence-electron chi connectivity index (χ3n) is 4.08. The van der Waals surface area contributed by atoms with E-state index in [1.165, 1.54) is 22.4 Å². The highest BCUT2D eigenvalue weighted by Gasteiger charge is 2.31. The second-order valence-corrected chi connectivity index (χ2v) is 6.31. The molecule has 1 N–H and O–H groups in total. The molecule has 3 rings (SSSR count). The predicted molar refractivity (Wildman–Crippen MR) is 86.8 cm³/mol. The number of hydrogen-bond acceptors (Lipinski definition) is 1. The minimum atomic E-state index is 0.567. The van der Waals surface area contributed by atoms with Gasteiger partial charge in [0, 0.05) is 16.8 Å². The van der Waals surface area contributed by atoms with Crippen molar-refractivity contribution in [1.82, 2.24) is 0 Å². The third-order valence-corrected chi connectivity index (χ3v) is 4.42. The highest BCUT2D eigenvalue weighted by Crippen LogP contribution is 2.41. The summed E-state index contributed by atoms with van der Waals surface area (Å²) in [4.78, 5) is 0. The van der Waals surface area contributed by atoms with Crippen molar-refractivity contribution < 1.29 is 0 Å². The molecule has 0 amide bonds. The highest BCUT2D eigenvalue weighted by atomic mass is 35.5. The Morgan fingerprint density at radius 2 is 1.65 bits per heavy atom. The molecule has 1 aliphatic carbocycles. The zero-order valence-electron chi connectivity index (χ0n) is 12.0. The number of hydrogen-bond donors (Lipinski definition) is 1. The molecule has 0 radical (unpaired) electrons. The Morgan fingerprint density at radius 1 is 1.00 bits per heavy atom. The summed E-state index contributed by atoms with van der Waals surface area (Å²) >= 11 is 6.26. The fraction of sp³-hybridized carbons (Fsp3) is 0.333. The largest absolute Gasteiger partial charge is 0.382 e. The van der Waals surface area contributed by atoms with E-state index in [0.717, 1.165) is 17.9 Å². The minimum Gasteiger partial charge on any atom is -0.382 e. The van der Waals surface area contributed by atoms with Gasteiger partial charge < -0.3 is 5.32 Å². The van der Waals surface area contributed by atoms with Crippen LogP contribution in [0.15, 0.2) is 42.5 Å². The lowest BCUT2D eigenvalue weighted by molar-refractivity contribution is 0.374. The number of anilines is 1. The van der Waals surface area contributed by atoms with Crippen molar-refractivity contribution in [3.8, 4) is 0 Å². The van der Waals surface area contributed by atoms with E-state index < -0.39 is 0 Å². The Morgan fingerprint density at radius 3 is 2.30 bits per heavy atom. The van der Waals surface area contributed by atoms with Gasteiger partial charge in [0.25, 0.3) is 0 Å². The molecule has 1 saturated carbocycles. The van der Waals surface area contributed by atoms with Gasteiger partial charge in [-0.05, 0) is 67.5 Å². The maximum atomic E-state index is 6.26. The van der Waals surface area contributed by atoms with Crippen LogP contribution in [0.3, 0.4) is 0 Å². The van der Waals surface area contributed by atoms with E-state index in [0.29, 0.717) is 12.0 Å². The molecule has 0 spiro atoms. The van der Waals surface area contributed by atoms with Gasteiger partial charge >= 0.3 is 0 Å². The van der Waals surface area contributed by atoms with Gasteiger partial charge in [-0.3, -0.25) is 0 Å². The molecule has 2 heteroatoms. The van der Waals surface area contributed by atoms with Crippen molar-refractivity contribution in [2.75, 3.05) is 5.32 Å². The van der Waals surface area contributed by atoms with Crippen LogP contribution in [0.1, 0.15) is 35.4 Å². The molecule has 20 heavy (non-hydrogen) atoms. The summed E-state index contributed by atoms with van der Waals surface area (Å²) in [5.74, 6) is 0.604. The summed E-state index contributed by atoms with van der Waals surface area (Å²) < 4.78 is 0. The second kappa shape index (κ2) is 5.49. The summed E-state index contributed by atoms with van der Waals surface area (Å²) in [6.45, 7) is 4.29. The minimum absolute atomic E-state index is 0.567. The molecule has 0 atom stereocenters. The third kappa shape index (κ3) is 2.83. The van der Waals surface area contributed by atoms with Crippen LogP contribution < -0.4 is 5.32 Å². The van der Waals surface area contributed by atoms with Gasteiger partial charge in [-0.25, -0.2) is 0 Å². The van der Waals surface area contributed by atoms with Crippen molar-refractivity contribution >= 4 is 17.3 Å². The summed E-state index contributed by atoms with van der Waals surface area (Å²) in [7, 11) is 0. The van der Waals surface area contributed by atoms with Crippen LogP contribution in [-0.4, -0.2) is 6.04 Å². The maximum absolute atomic E-state index is 6.26. The molecule has 1 aliphatic rings. The number of aryl methyl sites for hydroxylation is 2. The first kappa shape index (κ1) is 13.5. The zero-order valence-corrected chi connectivity index (χ0v) is 12.7. The lowest BCUT2D eigenvalue weighted by Gasteiger charge is -2.37. The van der Waals surface area contributed by atoms with E-state index >= 15 is 0 Å². The van der Waals surface area contributed by atoms with Crippen molar-refractivity contribution in [2.45, 2.75) is 38.6 Å².